The number of nitrogens with one attached hydrogen (secondary N) is 2. The molecular weight excluding hydrogens is 572 g/mol. The minimum absolute atomic E-state index is 0.0521. The monoisotopic (exact) mass is 619 g/mol. The third-order valence-corrected chi connectivity index (χ3v) is 7.72. The average Bonchev–Trinajstić information content (AvgIpc) is 3.01. The fourth-order valence-electron chi connectivity index (χ4n) is 5.25. The topological polar surface area (TPSA) is 121 Å². The number of methoxy groups -OCH3 is 1. The van der Waals surface area contributed by atoms with E-state index in [1.807, 2.05) is 18.2 Å². The van der Waals surface area contributed by atoms with Crippen molar-refractivity contribution in [2.24, 2.45) is 5.73 Å². The van der Waals surface area contributed by atoms with Gasteiger partial charge in [0.05, 0.1) is 20.3 Å². The van der Waals surface area contributed by atoms with Gasteiger partial charge in [-0.25, -0.2) is 18.4 Å². The molecule has 1 aliphatic heterocycles. The van der Waals surface area contributed by atoms with Gasteiger partial charge < -0.3 is 35.3 Å². The van der Waals surface area contributed by atoms with Crippen LogP contribution in [0.3, 0.4) is 0 Å². The number of aryl methyl sites for hydroxylation is 1. The molecule has 244 valence electrons. The molecule has 2 aromatic rings. The Labute approximate surface area is 259 Å². The number of alkyl carbamates (subject to hydrolysis) is 1. The maximum Gasteiger partial charge on any atom is 0.407 e. The molecule has 1 amide bonds. The Morgan fingerprint density at radius 2 is 1.73 bits per heavy atom. The molecule has 11 heteroatoms. The molecule has 0 aromatic heterocycles. The summed E-state index contributed by atoms with van der Waals surface area (Å²) in [6, 6.07) is 9.41. The highest BCUT2D eigenvalue weighted by Gasteiger charge is 2.37. The van der Waals surface area contributed by atoms with Gasteiger partial charge >= 0.3 is 12.1 Å². The van der Waals surface area contributed by atoms with Crippen LogP contribution in [-0.4, -0.2) is 62.9 Å². The molecule has 0 saturated carbocycles. The van der Waals surface area contributed by atoms with E-state index in [9.17, 15) is 18.4 Å². The third-order valence-electron chi connectivity index (χ3n) is 7.72. The van der Waals surface area contributed by atoms with Gasteiger partial charge in [-0.1, -0.05) is 44.5 Å². The van der Waals surface area contributed by atoms with Gasteiger partial charge in [0, 0.05) is 38.0 Å². The molecule has 1 heterocycles. The van der Waals surface area contributed by atoms with Crippen molar-refractivity contribution in [1.82, 2.24) is 10.6 Å². The summed E-state index contributed by atoms with van der Waals surface area (Å²) in [6.07, 6.45) is 3.06. The quantitative estimate of drug-likeness (QED) is 0.213. The van der Waals surface area contributed by atoms with Crippen LogP contribution in [0.4, 0.5) is 13.6 Å². The predicted octanol–water partition coefficient (Wildman–Crippen LogP) is 4.93. The lowest BCUT2D eigenvalue weighted by molar-refractivity contribution is -0.274. The molecule has 2 aromatic carbocycles. The van der Waals surface area contributed by atoms with Gasteiger partial charge in [-0.05, 0) is 60.9 Å². The Morgan fingerprint density at radius 3 is 2.39 bits per heavy atom. The smallest absolute Gasteiger partial charge is 0.407 e. The number of ether oxygens (including phenoxy) is 4. The van der Waals surface area contributed by atoms with Crippen LogP contribution < -0.4 is 16.4 Å². The highest BCUT2D eigenvalue weighted by atomic mass is 19.1. The van der Waals surface area contributed by atoms with Crippen molar-refractivity contribution in [3.05, 3.63) is 70.8 Å². The number of nitrogens with two attached hydrogens (primary N) is 1. The van der Waals surface area contributed by atoms with Gasteiger partial charge in [-0.3, -0.25) is 0 Å². The van der Waals surface area contributed by atoms with Crippen LogP contribution in [-0.2, 0) is 43.1 Å². The number of hydrogen-bond acceptors (Lipinski definition) is 8. The highest BCUT2D eigenvalue weighted by molar-refractivity contribution is 5.81. The van der Waals surface area contributed by atoms with Gasteiger partial charge in [0.1, 0.15) is 23.8 Å². The van der Waals surface area contributed by atoms with E-state index in [-0.39, 0.29) is 19.4 Å². The molecule has 0 bridgehead atoms. The molecule has 44 heavy (non-hydrogen) atoms. The van der Waals surface area contributed by atoms with Gasteiger partial charge in [-0.15, -0.1) is 0 Å². The SMILES string of the molecule is CCCCC1(CC[C@@H](NC(=O)OC)C(=O)O[C@H](CNCc2cccc(CC)c2)C(N)Cc2cc(F)cc(F)c2)OCCCO1. The number of rotatable bonds is 17. The van der Waals surface area contributed by atoms with Crippen molar-refractivity contribution in [1.29, 1.82) is 0 Å². The normalized spacial score (nSPS) is 16.5. The summed E-state index contributed by atoms with van der Waals surface area (Å²) in [5, 5.41) is 5.87. The number of halogens is 2. The average molecular weight is 620 g/mol. The van der Waals surface area contributed by atoms with Crippen molar-refractivity contribution in [2.75, 3.05) is 26.9 Å². The second kappa shape index (κ2) is 18.0. The van der Waals surface area contributed by atoms with Gasteiger partial charge in [0.15, 0.2) is 5.79 Å². The van der Waals surface area contributed by atoms with Crippen LogP contribution in [0, 0.1) is 11.6 Å². The number of unbranched alkanes of at least 4 members (excludes halogenated alkanes) is 1. The van der Waals surface area contributed by atoms with Crippen LogP contribution in [0.15, 0.2) is 42.5 Å². The summed E-state index contributed by atoms with van der Waals surface area (Å²) in [7, 11) is 1.21. The molecule has 0 spiro atoms. The fraction of sp³-hybridized carbons (Fsp3) is 0.576. The second-order valence-corrected chi connectivity index (χ2v) is 11.2. The molecule has 9 nitrogen and oxygen atoms in total. The van der Waals surface area contributed by atoms with E-state index in [1.165, 1.54) is 24.8 Å². The third kappa shape index (κ3) is 11.4. The van der Waals surface area contributed by atoms with Crippen LogP contribution >= 0.6 is 0 Å². The van der Waals surface area contributed by atoms with Gasteiger partial charge in [-0.2, -0.15) is 0 Å². The van der Waals surface area contributed by atoms with E-state index in [1.54, 1.807) is 0 Å². The summed E-state index contributed by atoms with van der Waals surface area (Å²) < 4.78 is 50.6. The maximum absolute atomic E-state index is 13.9. The van der Waals surface area contributed by atoms with E-state index >= 15 is 0 Å². The molecule has 1 unspecified atom stereocenters. The van der Waals surface area contributed by atoms with Crippen molar-refractivity contribution in [3.63, 3.8) is 0 Å². The van der Waals surface area contributed by atoms with Crippen molar-refractivity contribution >= 4 is 12.1 Å². The first kappa shape index (κ1) is 35.4. The maximum atomic E-state index is 13.9. The lowest BCUT2D eigenvalue weighted by atomic mass is 9.98. The van der Waals surface area contributed by atoms with Crippen LogP contribution in [0.25, 0.3) is 0 Å². The zero-order valence-corrected chi connectivity index (χ0v) is 26.0. The number of carbonyl (C=O) groups excluding carboxylic acids is 2. The first-order valence-corrected chi connectivity index (χ1v) is 15.5. The van der Waals surface area contributed by atoms with Crippen LogP contribution in [0.2, 0.25) is 0 Å². The van der Waals surface area contributed by atoms with Crippen LogP contribution in [0.5, 0.6) is 0 Å². The standard InChI is InChI=1S/C33H47F2N3O6/c1-4-6-12-33(42-14-8-15-43-33)13-11-29(38-32(40)41-3)31(39)44-30(22-37-21-24-10-7-9-23(5-2)16-24)28(36)19-25-17-26(34)20-27(35)18-25/h7,9-10,16-18,20,28-30,37H,4-6,8,11-15,19,21-22,36H2,1-3H3,(H,38,40)/t28?,29-,30-/m1/s1. The molecular formula is C33H47F2N3O6. The van der Waals surface area contributed by atoms with E-state index < -0.39 is 47.7 Å². The second-order valence-electron chi connectivity index (χ2n) is 11.2. The zero-order valence-electron chi connectivity index (χ0n) is 26.0. The Kier molecular flexibility index (Phi) is 14.5. The molecule has 0 radical (unpaired) electrons. The van der Waals surface area contributed by atoms with Crippen LogP contribution in [0.1, 0.15) is 69.1 Å². The summed E-state index contributed by atoms with van der Waals surface area (Å²) in [5.41, 5.74) is 9.08. The molecule has 1 saturated heterocycles. The lowest BCUT2D eigenvalue weighted by Crippen LogP contribution is -2.50. The Hall–Kier alpha value is -3.12. The van der Waals surface area contributed by atoms with E-state index in [0.29, 0.717) is 38.2 Å². The van der Waals surface area contributed by atoms with Crippen molar-refractivity contribution in [2.45, 2.75) is 95.7 Å². The summed E-state index contributed by atoms with van der Waals surface area (Å²) in [5.74, 6) is -3.00. The number of esters is 1. The predicted molar refractivity (Wildman–Crippen MR) is 163 cm³/mol. The first-order valence-electron chi connectivity index (χ1n) is 15.5. The van der Waals surface area contributed by atoms with Crippen molar-refractivity contribution < 1.29 is 37.3 Å². The van der Waals surface area contributed by atoms with E-state index in [2.05, 4.69) is 30.5 Å². The first-order chi connectivity index (χ1) is 21.2. The summed E-state index contributed by atoms with van der Waals surface area (Å²) in [6.45, 7) is 5.90. The molecule has 1 fully saturated rings. The van der Waals surface area contributed by atoms with E-state index in [4.69, 9.17) is 24.7 Å². The highest BCUT2D eigenvalue weighted by Crippen LogP contribution is 2.31. The molecule has 1 aliphatic rings. The minimum Gasteiger partial charge on any atom is -0.458 e. The Morgan fingerprint density at radius 1 is 1.02 bits per heavy atom. The summed E-state index contributed by atoms with van der Waals surface area (Å²) >= 11 is 0. The number of carbonyl (C=O) groups is 2. The van der Waals surface area contributed by atoms with E-state index in [0.717, 1.165) is 37.3 Å². The zero-order chi connectivity index (χ0) is 32.0. The Bertz CT molecular complexity index is 1170. The number of amides is 1. The lowest BCUT2D eigenvalue weighted by Gasteiger charge is -2.38. The molecule has 0 aliphatic carbocycles. The largest absolute Gasteiger partial charge is 0.458 e. The molecule has 4 N–H and O–H groups in total. The molecule has 3 atom stereocenters. The Balaban J connectivity index is 1.76. The molecule has 3 rings (SSSR count). The summed E-state index contributed by atoms with van der Waals surface area (Å²) in [4.78, 5) is 25.8. The number of hydrogen-bond donors (Lipinski definition) is 3. The van der Waals surface area contributed by atoms with Gasteiger partial charge in [0.25, 0.3) is 0 Å². The minimum atomic E-state index is -1.07. The number of benzene rings is 2. The van der Waals surface area contributed by atoms with Crippen molar-refractivity contribution in [3.8, 4) is 0 Å². The van der Waals surface area contributed by atoms with Gasteiger partial charge in [0.2, 0.25) is 0 Å². The fourth-order valence-corrected chi connectivity index (χ4v) is 5.25.